The van der Waals surface area contributed by atoms with Gasteiger partial charge in [-0.15, -0.1) is 0 Å². The molecule has 0 spiro atoms. The fraction of sp³-hybridized carbons (Fsp3) is 0.333. The van der Waals surface area contributed by atoms with Crippen LogP contribution in [-0.2, 0) is 0 Å². The Balaban J connectivity index is 2.55. The van der Waals surface area contributed by atoms with E-state index < -0.39 is 12.4 Å². The molecule has 0 fully saturated rings. The summed E-state index contributed by atoms with van der Waals surface area (Å²) in [5, 5.41) is 11.5. The van der Waals surface area contributed by atoms with Crippen LogP contribution in [0.1, 0.15) is 11.7 Å². The lowest BCUT2D eigenvalue weighted by atomic mass is 10.2. The maximum atomic E-state index is 13.1. The second-order valence-corrected chi connectivity index (χ2v) is 2.78. The maximum Gasteiger partial charge on any atom is 0.176 e. The normalized spacial score (nSPS) is 26.6. The average Bonchev–Trinajstić information content (AvgIpc) is 2.29. The summed E-state index contributed by atoms with van der Waals surface area (Å²) in [6, 6.07) is 0. The molecule has 1 aromatic rings. The van der Waals surface area contributed by atoms with Crippen LogP contribution in [0.3, 0.4) is 0 Å². The fourth-order valence-corrected chi connectivity index (χ4v) is 1.34. The molecule has 0 aliphatic carbocycles. The van der Waals surface area contributed by atoms with Crippen LogP contribution in [-0.4, -0.2) is 21.3 Å². The number of hydrogen-bond donors (Lipinski definition) is 2. The Labute approximate surface area is 72.4 Å². The van der Waals surface area contributed by atoms with Gasteiger partial charge in [0.05, 0.1) is 5.56 Å². The molecule has 0 amide bonds. The Kier molecular flexibility index (Phi) is 1.62. The van der Waals surface area contributed by atoms with Crippen LogP contribution in [0, 0.1) is 0 Å². The first-order chi connectivity index (χ1) is 5.70. The van der Waals surface area contributed by atoms with Crippen LogP contribution < -0.4 is 5.32 Å². The molecule has 2 atom stereocenters. The number of aliphatic hydroxyl groups is 1. The van der Waals surface area contributed by atoms with Crippen LogP contribution in [0.2, 0.25) is 5.15 Å². The smallest absolute Gasteiger partial charge is 0.176 e. The molecule has 64 valence electrons. The van der Waals surface area contributed by atoms with E-state index in [9.17, 15) is 4.39 Å². The van der Waals surface area contributed by atoms with E-state index in [0.717, 1.165) is 0 Å². The van der Waals surface area contributed by atoms with Gasteiger partial charge in [0, 0.05) is 0 Å². The molecular weight excluding hydrogens is 185 g/mol. The summed E-state index contributed by atoms with van der Waals surface area (Å²) in [4.78, 5) is 7.31. The second-order valence-electron chi connectivity index (χ2n) is 2.42. The Morgan fingerprint density at radius 2 is 2.33 bits per heavy atom. The Morgan fingerprint density at radius 1 is 1.58 bits per heavy atom. The molecule has 1 aromatic heterocycles. The summed E-state index contributed by atoms with van der Waals surface area (Å²) in [7, 11) is 0. The number of nitrogens with zero attached hydrogens (tertiary/aromatic N) is 2. The van der Waals surface area contributed by atoms with Gasteiger partial charge in [0.25, 0.3) is 0 Å². The van der Waals surface area contributed by atoms with Crippen molar-refractivity contribution in [1.29, 1.82) is 0 Å². The van der Waals surface area contributed by atoms with E-state index in [1.54, 1.807) is 0 Å². The predicted octanol–water partition coefficient (Wildman–Crippen LogP) is 0.884. The highest BCUT2D eigenvalue weighted by Crippen LogP contribution is 2.37. The van der Waals surface area contributed by atoms with Gasteiger partial charge in [0.15, 0.2) is 12.4 Å². The molecule has 12 heavy (non-hydrogen) atoms. The number of aromatic nitrogens is 2. The van der Waals surface area contributed by atoms with Gasteiger partial charge in [0.2, 0.25) is 0 Å². The first-order valence-corrected chi connectivity index (χ1v) is 3.67. The SMILES string of the molecule is OC1Nc2ncnc(Cl)c2C1F. The highest BCUT2D eigenvalue weighted by molar-refractivity contribution is 6.30. The Morgan fingerprint density at radius 3 is 3.00 bits per heavy atom. The molecule has 2 heterocycles. The fourth-order valence-electron chi connectivity index (χ4n) is 1.10. The van der Waals surface area contributed by atoms with Gasteiger partial charge < -0.3 is 10.4 Å². The van der Waals surface area contributed by atoms with Gasteiger partial charge in [-0.2, -0.15) is 0 Å². The third kappa shape index (κ3) is 0.937. The Hall–Kier alpha value is -0.940. The molecule has 0 bridgehead atoms. The summed E-state index contributed by atoms with van der Waals surface area (Å²) in [6.07, 6.45) is -1.61. The van der Waals surface area contributed by atoms with Crippen molar-refractivity contribution >= 4 is 17.4 Å². The maximum absolute atomic E-state index is 13.1. The molecule has 0 saturated heterocycles. The monoisotopic (exact) mass is 189 g/mol. The zero-order valence-corrected chi connectivity index (χ0v) is 6.59. The van der Waals surface area contributed by atoms with Crippen LogP contribution in [0.4, 0.5) is 10.2 Å². The number of fused-ring (bicyclic) bond motifs is 1. The number of rotatable bonds is 0. The van der Waals surface area contributed by atoms with Crippen molar-refractivity contribution in [1.82, 2.24) is 9.97 Å². The number of hydrogen-bond acceptors (Lipinski definition) is 4. The quantitative estimate of drug-likeness (QED) is 0.595. The van der Waals surface area contributed by atoms with Crippen molar-refractivity contribution < 1.29 is 9.50 Å². The third-order valence-corrected chi connectivity index (χ3v) is 1.97. The van der Waals surface area contributed by atoms with Crippen molar-refractivity contribution in [3.63, 3.8) is 0 Å². The molecular formula is C6H5ClFN3O. The summed E-state index contributed by atoms with van der Waals surface area (Å²) >= 11 is 5.59. The van der Waals surface area contributed by atoms with E-state index in [1.165, 1.54) is 6.33 Å². The van der Waals surface area contributed by atoms with E-state index in [2.05, 4.69) is 15.3 Å². The number of nitrogens with one attached hydrogen (secondary N) is 1. The number of anilines is 1. The number of alkyl halides is 1. The molecule has 2 unspecified atom stereocenters. The van der Waals surface area contributed by atoms with Gasteiger partial charge in [-0.1, -0.05) is 11.6 Å². The van der Waals surface area contributed by atoms with Crippen LogP contribution in [0.5, 0.6) is 0 Å². The van der Waals surface area contributed by atoms with Gasteiger partial charge >= 0.3 is 0 Å². The van der Waals surface area contributed by atoms with Crippen LogP contribution in [0.15, 0.2) is 6.33 Å². The minimum Gasteiger partial charge on any atom is -0.370 e. The lowest BCUT2D eigenvalue weighted by Crippen LogP contribution is -2.16. The summed E-state index contributed by atoms with van der Waals surface area (Å²) < 4.78 is 13.1. The van der Waals surface area contributed by atoms with Crippen molar-refractivity contribution in [2.45, 2.75) is 12.4 Å². The molecule has 1 aliphatic rings. The summed E-state index contributed by atoms with van der Waals surface area (Å²) in [5.74, 6) is 0.259. The largest absolute Gasteiger partial charge is 0.370 e. The van der Waals surface area contributed by atoms with E-state index in [-0.39, 0.29) is 16.5 Å². The lowest BCUT2D eigenvalue weighted by Gasteiger charge is -2.03. The van der Waals surface area contributed by atoms with Crippen molar-refractivity contribution in [2.24, 2.45) is 0 Å². The van der Waals surface area contributed by atoms with Crippen molar-refractivity contribution in [3.8, 4) is 0 Å². The first-order valence-electron chi connectivity index (χ1n) is 3.29. The van der Waals surface area contributed by atoms with Crippen LogP contribution in [0.25, 0.3) is 0 Å². The lowest BCUT2D eigenvalue weighted by molar-refractivity contribution is 0.111. The highest BCUT2D eigenvalue weighted by Gasteiger charge is 2.34. The van der Waals surface area contributed by atoms with E-state index in [1.807, 2.05) is 0 Å². The molecule has 2 rings (SSSR count). The molecule has 1 aliphatic heterocycles. The van der Waals surface area contributed by atoms with Gasteiger partial charge in [-0.25, -0.2) is 14.4 Å². The Bertz CT molecular complexity index is 322. The molecule has 0 radical (unpaired) electrons. The minimum atomic E-state index is -1.55. The van der Waals surface area contributed by atoms with Crippen LogP contribution >= 0.6 is 11.6 Å². The molecule has 4 nitrogen and oxygen atoms in total. The first kappa shape index (κ1) is 7.70. The van der Waals surface area contributed by atoms with Gasteiger partial charge in [-0.05, 0) is 0 Å². The second kappa shape index (κ2) is 2.53. The predicted molar refractivity (Wildman–Crippen MR) is 40.5 cm³/mol. The molecule has 0 saturated carbocycles. The zero-order chi connectivity index (χ0) is 8.72. The van der Waals surface area contributed by atoms with E-state index in [4.69, 9.17) is 16.7 Å². The summed E-state index contributed by atoms with van der Waals surface area (Å²) in [5.41, 5.74) is 0.131. The zero-order valence-electron chi connectivity index (χ0n) is 5.83. The standard InChI is InChI=1S/C6H5ClFN3O/c7-4-2-3(8)6(12)11-5(2)10-1-9-4/h1,3,6,12H,(H,9,10,11). The van der Waals surface area contributed by atoms with Crippen molar-refractivity contribution in [2.75, 3.05) is 5.32 Å². The van der Waals surface area contributed by atoms with Gasteiger partial charge in [-0.3, -0.25) is 0 Å². The number of halogens is 2. The highest BCUT2D eigenvalue weighted by atomic mass is 35.5. The third-order valence-electron chi connectivity index (χ3n) is 1.67. The topological polar surface area (TPSA) is 58.0 Å². The van der Waals surface area contributed by atoms with E-state index in [0.29, 0.717) is 0 Å². The molecule has 6 heteroatoms. The van der Waals surface area contributed by atoms with Crippen molar-refractivity contribution in [3.05, 3.63) is 17.0 Å². The molecule has 0 aromatic carbocycles. The average molecular weight is 190 g/mol. The number of aliphatic hydroxyl groups excluding tert-OH is 1. The molecule has 2 N–H and O–H groups in total. The summed E-state index contributed by atoms with van der Waals surface area (Å²) in [6.45, 7) is 0. The van der Waals surface area contributed by atoms with Gasteiger partial charge in [0.1, 0.15) is 17.3 Å². The minimum absolute atomic E-state index is 0.0385. The van der Waals surface area contributed by atoms with E-state index >= 15 is 0 Å².